The molecule has 0 atom stereocenters. The van der Waals surface area contributed by atoms with E-state index in [1.807, 2.05) is 32.2 Å². The van der Waals surface area contributed by atoms with E-state index in [1.54, 1.807) is 0 Å². The summed E-state index contributed by atoms with van der Waals surface area (Å²) in [6.45, 7) is 2.05. The smallest absolute Gasteiger partial charge is 0.0667 e. The largest absolute Gasteiger partial charge is 0.388 e. The van der Waals surface area contributed by atoms with E-state index < -0.39 is 0 Å². The van der Waals surface area contributed by atoms with Crippen molar-refractivity contribution in [2.24, 2.45) is 5.10 Å². The molecule has 110 valence electrons. The van der Waals surface area contributed by atoms with E-state index in [2.05, 4.69) is 17.4 Å². The molecule has 0 unspecified atom stereocenters. The molecule has 2 rings (SSSR count). The topological polar surface area (TPSA) is 27.6 Å². The summed E-state index contributed by atoms with van der Waals surface area (Å²) in [5.41, 5.74) is 3.14. The summed E-state index contributed by atoms with van der Waals surface area (Å²) in [4.78, 5) is 0. The molecule has 0 amide bonds. The minimum absolute atomic E-state index is 0.580. The first kappa shape index (κ1) is 15.2. The molecule has 0 spiro atoms. The number of benzene rings is 1. The Morgan fingerprint density at radius 1 is 1.30 bits per heavy atom. The molecule has 1 aromatic carbocycles. The maximum atomic E-state index is 6.11. The van der Waals surface area contributed by atoms with Crippen LogP contribution in [0.25, 0.3) is 0 Å². The van der Waals surface area contributed by atoms with Crippen LogP contribution in [0.15, 0.2) is 23.3 Å². The second-order valence-electron chi connectivity index (χ2n) is 5.49. The number of hydrogen-bond acceptors (Lipinski definition) is 3. The van der Waals surface area contributed by atoms with Gasteiger partial charge in [-0.25, -0.2) is 0 Å². The summed E-state index contributed by atoms with van der Waals surface area (Å²) in [5, 5.41) is 10.8. The van der Waals surface area contributed by atoms with Gasteiger partial charge in [0.05, 0.1) is 5.71 Å². The Labute approximate surface area is 127 Å². The number of rotatable bonds is 4. The van der Waals surface area contributed by atoms with Crippen LogP contribution in [0.1, 0.15) is 44.6 Å². The Bertz CT molecular complexity index is 479. The number of anilines is 1. The molecule has 0 aromatic heterocycles. The molecule has 1 fully saturated rings. The molecule has 0 radical (unpaired) electrons. The lowest BCUT2D eigenvalue weighted by Crippen LogP contribution is -2.30. The lowest BCUT2D eigenvalue weighted by molar-refractivity contribution is 0.199. The SMILES string of the molecule is CNc1ccc(Cl)cc1/C(C)=N/N(C)C1CCCCC1. The van der Waals surface area contributed by atoms with Gasteiger partial charge in [-0.2, -0.15) is 5.10 Å². The number of nitrogens with zero attached hydrogens (tertiary/aromatic N) is 2. The summed E-state index contributed by atoms with van der Waals surface area (Å²) in [5.74, 6) is 0. The molecule has 0 saturated heterocycles. The van der Waals surface area contributed by atoms with Crippen LogP contribution in [0.5, 0.6) is 0 Å². The molecule has 0 aliphatic heterocycles. The van der Waals surface area contributed by atoms with E-state index in [0.29, 0.717) is 6.04 Å². The van der Waals surface area contributed by atoms with Crippen LogP contribution in [0.2, 0.25) is 5.02 Å². The molecule has 20 heavy (non-hydrogen) atoms. The van der Waals surface area contributed by atoms with Crippen molar-refractivity contribution in [3.05, 3.63) is 28.8 Å². The van der Waals surface area contributed by atoms with Crippen molar-refractivity contribution in [3.8, 4) is 0 Å². The van der Waals surface area contributed by atoms with Crippen LogP contribution in [0.3, 0.4) is 0 Å². The zero-order chi connectivity index (χ0) is 14.5. The van der Waals surface area contributed by atoms with Crippen molar-refractivity contribution >= 4 is 23.0 Å². The summed E-state index contributed by atoms with van der Waals surface area (Å²) < 4.78 is 0. The average molecular weight is 294 g/mol. The van der Waals surface area contributed by atoms with Crippen molar-refractivity contribution in [2.75, 3.05) is 19.4 Å². The van der Waals surface area contributed by atoms with Crippen LogP contribution in [-0.2, 0) is 0 Å². The second kappa shape index (κ2) is 6.98. The predicted octanol–water partition coefficient (Wildman–Crippen LogP) is 4.37. The van der Waals surface area contributed by atoms with Crippen molar-refractivity contribution < 1.29 is 0 Å². The second-order valence-corrected chi connectivity index (χ2v) is 5.93. The Kier molecular flexibility index (Phi) is 5.30. The summed E-state index contributed by atoms with van der Waals surface area (Å²) >= 11 is 6.11. The molecular formula is C16H24ClN3. The van der Waals surface area contributed by atoms with Gasteiger partial charge in [0.15, 0.2) is 0 Å². The number of hydrogen-bond donors (Lipinski definition) is 1. The minimum Gasteiger partial charge on any atom is -0.388 e. The zero-order valence-electron chi connectivity index (χ0n) is 12.6. The molecular weight excluding hydrogens is 270 g/mol. The van der Waals surface area contributed by atoms with Gasteiger partial charge < -0.3 is 5.32 Å². The fraction of sp³-hybridized carbons (Fsp3) is 0.562. The van der Waals surface area contributed by atoms with Gasteiger partial charge in [0.25, 0.3) is 0 Å². The van der Waals surface area contributed by atoms with Gasteiger partial charge in [-0.1, -0.05) is 30.9 Å². The van der Waals surface area contributed by atoms with E-state index >= 15 is 0 Å². The lowest BCUT2D eigenvalue weighted by Gasteiger charge is -2.29. The van der Waals surface area contributed by atoms with Crippen molar-refractivity contribution in [2.45, 2.75) is 45.1 Å². The number of halogens is 1. The molecule has 1 N–H and O–H groups in total. The van der Waals surface area contributed by atoms with Gasteiger partial charge in [-0.3, -0.25) is 5.01 Å². The Morgan fingerprint density at radius 3 is 2.65 bits per heavy atom. The molecule has 1 aliphatic carbocycles. The first-order valence-corrected chi connectivity index (χ1v) is 7.75. The third kappa shape index (κ3) is 3.66. The van der Waals surface area contributed by atoms with Crippen LogP contribution in [-0.4, -0.2) is 30.9 Å². The Balaban J connectivity index is 2.18. The first-order valence-electron chi connectivity index (χ1n) is 7.37. The van der Waals surface area contributed by atoms with Gasteiger partial charge in [-0.05, 0) is 38.0 Å². The van der Waals surface area contributed by atoms with Gasteiger partial charge in [-0.15, -0.1) is 0 Å². The standard InChI is InChI=1S/C16H24ClN3/c1-12(15-11-13(17)9-10-16(15)18-2)19-20(3)14-7-5-4-6-8-14/h9-11,14,18H,4-8H2,1-3H3/b19-12+. The molecule has 0 bridgehead atoms. The fourth-order valence-corrected chi connectivity index (χ4v) is 3.03. The monoisotopic (exact) mass is 293 g/mol. The average Bonchev–Trinajstić information content (AvgIpc) is 2.48. The van der Waals surface area contributed by atoms with Gasteiger partial charge in [0.2, 0.25) is 0 Å². The van der Waals surface area contributed by atoms with E-state index in [1.165, 1.54) is 32.1 Å². The molecule has 0 heterocycles. The van der Waals surface area contributed by atoms with Crippen LogP contribution in [0, 0.1) is 0 Å². The van der Waals surface area contributed by atoms with Crippen LogP contribution >= 0.6 is 11.6 Å². The Morgan fingerprint density at radius 2 is 2.00 bits per heavy atom. The van der Waals surface area contributed by atoms with Crippen molar-refractivity contribution in [1.29, 1.82) is 0 Å². The van der Waals surface area contributed by atoms with E-state index in [0.717, 1.165) is 22.0 Å². The maximum absolute atomic E-state index is 6.11. The summed E-state index contributed by atoms with van der Waals surface area (Å²) in [6.07, 6.45) is 6.51. The summed E-state index contributed by atoms with van der Waals surface area (Å²) in [7, 11) is 4.01. The van der Waals surface area contributed by atoms with E-state index in [-0.39, 0.29) is 0 Å². The molecule has 1 aromatic rings. The van der Waals surface area contributed by atoms with Gasteiger partial charge in [0, 0.05) is 36.4 Å². The first-order chi connectivity index (χ1) is 9.61. The van der Waals surface area contributed by atoms with Crippen LogP contribution < -0.4 is 5.32 Å². The molecule has 1 aliphatic rings. The normalized spacial score (nSPS) is 17.1. The highest BCUT2D eigenvalue weighted by Crippen LogP contribution is 2.24. The van der Waals surface area contributed by atoms with Crippen molar-refractivity contribution in [1.82, 2.24) is 5.01 Å². The quantitative estimate of drug-likeness (QED) is 0.659. The highest BCUT2D eigenvalue weighted by molar-refractivity contribution is 6.31. The number of hydrazone groups is 1. The fourth-order valence-electron chi connectivity index (χ4n) is 2.86. The highest BCUT2D eigenvalue weighted by Gasteiger charge is 2.17. The lowest BCUT2D eigenvalue weighted by atomic mass is 9.95. The van der Waals surface area contributed by atoms with Gasteiger partial charge >= 0.3 is 0 Å². The van der Waals surface area contributed by atoms with E-state index in [9.17, 15) is 0 Å². The van der Waals surface area contributed by atoms with Gasteiger partial charge in [0.1, 0.15) is 0 Å². The summed E-state index contributed by atoms with van der Waals surface area (Å²) in [6, 6.07) is 6.45. The third-order valence-corrected chi connectivity index (χ3v) is 4.29. The zero-order valence-corrected chi connectivity index (χ0v) is 13.4. The minimum atomic E-state index is 0.580. The highest BCUT2D eigenvalue weighted by atomic mass is 35.5. The van der Waals surface area contributed by atoms with E-state index in [4.69, 9.17) is 16.7 Å². The Hall–Kier alpha value is -1.22. The molecule has 1 saturated carbocycles. The van der Waals surface area contributed by atoms with Crippen LogP contribution in [0.4, 0.5) is 5.69 Å². The van der Waals surface area contributed by atoms with Crippen molar-refractivity contribution in [3.63, 3.8) is 0 Å². The molecule has 4 heteroatoms. The number of nitrogens with one attached hydrogen (secondary N) is 1. The molecule has 3 nitrogen and oxygen atoms in total. The maximum Gasteiger partial charge on any atom is 0.0667 e. The predicted molar refractivity (Wildman–Crippen MR) is 87.8 cm³/mol. The third-order valence-electron chi connectivity index (χ3n) is 4.05.